The molecule has 2 heterocycles. The van der Waals surface area contributed by atoms with Crippen LogP contribution in [0.1, 0.15) is 20.7 Å². The van der Waals surface area contributed by atoms with Crippen molar-refractivity contribution in [2.24, 2.45) is 0 Å². The number of aromatic nitrogens is 4. The maximum Gasteiger partial charge on any atom is 0.181 e. The normalized spacial score (nSPS) is 10.8. The minimum absolute atomic E-state index is 0.592. The smallest absolute Gasteiger partial charge is 0.181 e. The lowest BCUT2D eigenvalue weighted by atomic mass is 10.1. The highest BCUT2D eigenvalue weighted by Crippen LogP contribution is 2.35. The van der Waals surface area contributed by atoms with Crippen LogP contribution in [0, 0.1) is 0 Å². The molecule has 0 unspecified atom stereocenters. The van der Waals surface area contributed by atoms with Crippen LogP contribution >= 0.6 is 0 Å². The number of hydrogen-bond donors (Lipinski definition) is 0. The van der Waals surface area contributed by atoms with Gasteiger partial charge in [0, 0.05) is 33.6 Å². The highest BCUT2D eigenvalue weighted by atomic mass is 16.5. The molecule has 0 fully saturated rings. The van der Waals surface area contributed by atoms with Crippen LogP contribution in [0.2, 0.25) is 0 Å². The molecule has 0 saturated carbocycles. The first-order valence-electron chi connectivity index (χ1n) is 13.2. The first-order chi connectivity index (χ1) is 20.6. The number of nitrogens with zero attached hydrogens (tertiary/aromatic N) is 4. The number of ether oxygens (including phenoxy) is 2. The summed E-state index contributed by atoms with van der Waals surface area (Å²) in [5.74, 6) is 2.69. The molecule has 8 nitrogen and oxygen atoms in total. The Kier molecular flexibility index (Phi) is 7.17. The van der Waals surface area contributed by atoms with Gasteiger partial charge in [-0.3, -0.25) is 18.7 Å². The average Bonchev–Trinajstić information content (AvgIpc) is 3.70. The second-order valence-corrected chi connectivity index (χ2v) is 9.48. The molecule has 42 heavy (non-hydrogen) atoms. The van der Waals surface area contributed by atoms with E-state index in [1.807, 2.05) is 81.9 Å². The molecular weight excluding hydrogens is 528 g/mol. The van der Waals surface area contributed by atoms with Crippen molar-refractivity contribution >= 4 is 12.6 Å². The van der Waals surface area contributed by atoms with Gasteiger partial charge in [0.1, 0.15) is 24.1 Å². The maximum atomic E-state index is 11.3. The first kappa shape index (κ1) is 26.5. The second kappa shape index (κ2) is 11.4. The number of rotatable bonds is 9. The molecule has 8 heteroatoms. The minimum Gasteiger partial charge on any atom is -0.497 e. The van der Waals surface area contributed by atoms with E-state index < -0.39 is 0 Å². The number of aldehydes is 2. The van der Waals surface area contributed by atoms with Gasteiger partial charge in [-0.05, 0) is 48.5 Å². The zero-order valence-corrected chi connectivity index (χ0v) is 23.0. The summed E-state index contributed by atoms with van der Waals surface area (Å²) >= 11 is 0. The number of hydrogen-bond acceptors (Lipinski definition) is 6. The van der Waals surface area contributed by atoms with Crippen molar-refractivity contribution in [1.29, 1.82) is 0 Å². The largest absolute Gasteiger partial charge is 0.497 e. The Labute approximate surface area is 242 Å². The fraction of sp³-hybridized carbons (Fsp3) is 0.0588. The van der Waals surface area contributed by atoms with E-state index in [4.69, 9.17) is 19.4 Å². The SMILES string of the molecule is COc1ccc(-n2c(-c3ccc(C=O)cc3)cnc2-c2ncc(-c3ccc(C=O)cc3)n2-c2ccc(OC)cc2)cc1. The molecule has 0 bridgehead atoms. The van der Waals surface area contributed by atoms with Gasteiger partial charge < -0.3 is 9.47 Å². The van der Waals surface area contributed by atoms with Crippen molar-refractivity contribution in [3.8, 4) is 57.0 Å². The predicted molar refractivity (Wildman–Crippen MR) is 161 cm³/mol. The summed E-state index contributed by atoms with van der Waals surface area (Å²) in [6, 6.07) is 30.2. The number of imidazole rings is 2. The number of benzene rings is 4. The standard InChI is InChI=1S/C34H26N4O4/c1-41-29-15-11-27(12-16-29)37-31(25-7-3-23(21-39)4-8-25)19-35-33(37)34-36-20-32(26-9-5-24(22-40)6-10-26)38(34)28-13-17-30(42-2)18-14-28/h3-22H,1-2H3. The van der Waals surface area contributed by atoms with Crippen LogP contribution in [-0.2, 0) is 0 Å². The number of methoxy groups -OCH3 is 2. The van der Waals surface area contributed by atoms with E-state index in [1.165, 1.54) is 0 Å². The zero-order chi connectivity index (χ0) is 29.1. The van der Waals surface area contributed by atoms with Crippen molar-refractivity contribution in [2.45, 2.75) is 0 Å². The fourth-order valence-electron chi connectivity index (χ4n) is 4.88. The van der Waals surface area contributed by atoms with E-state index in [1.54, 1.807) is 50.9 Å². The van der Waals surface area contributed by atoms with Gasteiger partial charge in [-0.1, -0.05) is 48.5 Å². The molecule has 206 valence electrons. The molecule has 6 aromatic rings. The van der Waals surface area contributed by atoms with Crippen LogP contribution in [-0.4, -0.2) is 45.9 Å². The lowest BCUT2D eigenvalue weighted by Crippen LogP contribution is -2.06. The van der Waals surface area contributed by atoms with E-state index in [2.05, 4.69) is 0 Å². The van der Waals surface area contributed by atoms with Gasteiger partial charge in [-0.15, -0.1) is 0 Å². The summed E-state index contributed by atoms with van der Waals surface area (Å²) in [4.78, 5) is 32.4. The minimum atomic E-state index is 0.592. The van der Waals surface area contributed by atoms with Gasteiger partial charge in [0.25, 0.3) is 0 Å². The van der Waals surface area contributed by atoms with Gasteiger partial charge in [-0.25, -0.2) is 9.97 Å². The van der Waals surface area contributed by atoms with E-state index in [0.717, 1.165) is 58.0 Å². The fourth-order valence-corrected chi connectivity index (χ4v) is 4.88. The molecule has 0 aliphatic rings. The quantitative estimate of drug-likeness (QED) is 0.185. The van der Waals surface area contributed by atoms with Gasteiger partial charge in [0.2, 0.25) is 0 Å². The van der Waals surface area contributed by atoms with Gasteiger partial charge >= 0.3 is 0 Å². The summed E-state index contributed by atoms with van der Waals surface area (Å²) in [5.41, 5.74) is 6.34. The molecule has 0 N–H and O–H groups in total. The maximum absolute atomic E-state index is 11.3. The lowest BCUT2D eigenvalue weighted by Gasteiger charge is -2.16. The molecule has 0 atom stereocenters. The Morgan fingerprint density at radius 1 is 0.524 bits per heavy atom. The highest BCUT2D eigenvalue weighted by Gasteiger charge is 2.23. The molecular formula is C34H26N4O4. The lowest BCUT2D eigenvalue weighted by molar-refractivity contribution is 0.111. The summed E-state index contributed by atoms with van der Waals surface area (Å²) in [5, 5.41) is 0. The van der Waals surface area contributed by atoms with Crippen molar-refractivity contribution < 1.29 is 19.1 Å². The van der Waals surface area contributed by atoms with Gasteiger partial charge in [0.15, 0.2) is 11.6 Å². The summed E-state index contributed by atoms with van der Waals surface area (Å²) < 4.78 is 14.9. The number of carbonyl (C=O) groups is 2. The second-order valence-electron chi connectivity index (χ2n) is 9.48. The molecule has 6 rings (SSSR count). The van der Waals surface area contributed by atoms with Crippen LogP contribution in [0.25, 0.3) is 45.5 Å². The Hall–Kier alpha value is -5.76. The van der Waals surface area contributed by atoms with Crippen LogP contribution in [0.5, 0.6) is 11.5 Å². The zero-order valence-electron chi connectivity index (χ0n) is 23.0. The topological polar surface area (TPSA) is 88.2 Å². The van der Waals surface area contributed by atoms with Crippen LogP contribution < -0.4 is 9.47 Å². The first-order valence-corrected chi connectivity index (χ1v) is 13.2. The molecule has 0 aliphatic carbocycles. The monoisotopic (exact) mass is 554 g/mol. The Morgan fingerprint density at radius 2 is 0.881 bits per heavy atom. The molecule has 2 aromatic heterocycles. The Balaban J connectivity index is 1.59. The summed E-state index contributed by atoms with van der Waals surface area (Å²) in [6.45, 7) is 0. The van der Waals surface area contributed by atoms with E-state index in [9.17, 15) is 9.59 Å². The molecule has 0 aliphatic heterocycles. The molecule has 4 aromatic carbocycles. The van der Waals surface area contributed by atoms with Crippen molar-refractivity contribution in [3.63, 3.8) is 0 Å². The van der Waals surface area contributed by atoms with Gasteiger partial charge in [-0.2, -0.15) is 0 Å². The van der Waals surface area contributed by atoms with Crippen LogP contribution in [0.15, 0.2) is 109 Å². The average molecular weight is 555 g/mol. The van der Waals surface area contributed by atoms with E-state index in [-0.39, 0.29) is 0 Å². The van der Waals surface area contributed by atoms with Gasteiger partial charge in [0.05, 0.1) is 38.0 Å². The predicted octanol–water partition coefficient (Wildman–Crippen LogP) is 6.70. The third-order valence-corrected chi connectivity index (χ3v) is 7.07. The molecule has 0 radical (unpaired) electrons. The summed E-state index contributed by atoms with van der Waals surface area (Å²) in [6.07, 6.45) is 5.26. The molecule has 0 spiro atoms. The molecule has 0 amide bonds. The van der Waals surface area contributed by atoms with E-state index in [0.29, 0.717) is 22.8 Å². The third kappa shape index (κ3) is 4.86. The Bertz CT molecular complexity index is 1710. The summed E-state index contributed by atoms with van der Waals surface area (Å²) in [7, 11) is 3.26. The van der Waals surface area contributed by atoms with Crippen molar-refractivity contribution in [1.82, 2.24) is 19.1 Å². The highest BCUT2D eigenvalue weighted by molar-refractivity contribution is 5.79. The number of carbonyl (C=O) groups excluding carboxylic acids is 2. The Morgan fingerprint density at radius 3 is 1.19 bits per heavy atom. The van der Waals surface area contributed by atoms with Crippen molar-refractivity contribution in [3.05, 3.63) is 121 Å². The van der Waals surface area contributed by atoms with E-state index >= 15 is 0 Å². The van der Waals surface area contributed by atoms with Crippen LogP contribution in [0.3, 0.4) is 0 Å². The molecule has 0 saturated heterocycles. The van der Waals surface area contributed by atoms with Crippen LogP contribution in [0.4, 0.5) is 0 Å². The third-order valence-electron chi connectivity index (χ3n) is 7.07. The van der Waals surface area contributed by atoms with Crippen molar-refractivity contribution in [2.75, 3.05) is 14.2 Å².